The maximum Gasteiger partial charge on any atom is 0.434 e. The first-order chi connectivity index (χ1) is 7.43. The second kappa shape index (κ2) is 5.11. The van der Waals surface area contributed by atoms with Gasteiger partial charge in [0.15, 0.2) is 5.69 Å². The summed E-state index contributed by atoms with van der Waals surface area (Å²) >= 11 is 0. The standard InChI is InChI=1S/C9H13F3N4/c1-6(13-2)3-15-8-5-14-7(4-16-8)9(10,11)12/h4-6,13H,3H2,1-2H3,(H,15,16). The van der Waals surface area contributed by atoms with Crippen molar-refractivity contribution < 1.29 is 13.2 Å². The largest absolute Gasteiger partial charge is 0.434 e. The molecule has 0 bridgehead atoms. The van der Waals surface area contributed by atoms with Gasteiger partial charge in [-0.05, 0) is 14.0 Å². The zero-order valence-corrected chi connectivity index (χ0v) is 8.97. The van der Waals surface area contributed by atoms with Gasteiger partial charge in [0.25, 0.3) is 0 Å². The number of hydrogen-bond donors (Lipinski definition) is 2. The van der Waals surface area contributed by atoms with Crippen molar-refractivity contribution in [3.05, 3.63) is 18.1 Å². The Morgan fingerprint density at radius 1 is 1.31 bits per heavy atom. The highest BCUT2D eigenvalue weighted by Gasteiger charge is 2.32. The number of nitrogens with zero attached hydrogens (tertiary/aromatic N) is 2. The summed E-state index contributed by atoms with van der Waals surface area (Å²) in [5.74, 6) is 0.329. The third kappa shape index (κ3) is 3.65. The van der Waals surface area contributed by atoms with E-state index in [0.29, 0.717) is 18.6 Å². The number of halogens is 3. The highest BCUT2D eigenvalue weighted by Crippen LogP contribution is 2.26. The van der Waals surface area contributed by atoms with E-state index in [9.17, 15) is 13.2 Å². The van der Waals surface area contributed by atoms with Crippen LogP contribution in [0.15, 0.2) is 12.4 Å². The molecule has 1 atom stereocenters. The van der Waals surface area contributed by atoms with E-state index in [-0.39, 0.29) is 6.04 Å². The molecule has 0 aromatic carbocycles. The first kappa shape index (κ1) is 12.7. The van der Waals surface area contributed by atoms with Crippen molar-refractivity contribution in [1.29, 1.82) is 0 Å². The Labute approximate surface area is 91.3 Å². The van der Waals surface area contributed by atoms with Gasteiger partial charge in [0.05, 0.1) is 12.4 Å². The van der Waals surface area contributed by atoms with Gasteiger partial charge in [-0.3, -0.25) is 0 Å². The highest BCUT2D eigenvalue weighted by molar-refractivity contribution is 5.31. The zero-order chi connectivity index (χ0) is 12.2. The average molecular weight is 234 g/mol. The monoisotopic (exact) mass is 234 g/mol. The number of anilines is 1. The van der Waals surface area contributed by atoms with E-state index in [2.05, 4.69) is 20.6 Å². The predicted molar refractivity (Wildman–Crippen MR) is 54.0 cm³/mol. The van der Waals surface area contributed by atoms with Gasteiger partial charge >= 0.3 is 6.18 Å². The molecule has 1 aromatic heterocycles. The Morgan fingerprint density at radius 2 is 2.00 bits per heavy atom. The number of alkyl halides is 3. The van der Waals surface area contributed by atoms with Gasteiger partial charge in [-0.15, -0.1) is 0 Å². The van der Waals surface area contributed by atoms with E-state index in [1.807, 2.05) is 6.92 Å². The van der Waals surface area contributed by atoms with Gasteiger partial charge in [-0.25, -0.2) is 9.97 Å². The molecule has 90 valence electrons. The molecule has 0 fully saturated rings. The van der Waals surface area contributed by atoms with E-state index in [1.54, 1.807) is 7.05 Å². The summed E-state index contributed by atoms with van der Waals surface area (Å²) in [6.07, 6.45) is -2.65. The molecule has 16 heavy (non-hydrogen) atoms. The van der Waals surface area contributed by atoms with E-state index < -0.39 is 11.9 Å². The minimum absolute atomic E-state index is 0.198. The normalized spacial score (nSPS) is 13.6. The molecule has 0 amide bonds. The molecule has 0 aliphatic heterocycles. The molecule has 0 saturated carbocycles. The predicted octanol–water partition coefficient (Wildman–Crippen LogP) is 1.52. The maximum atomic E-state index is 12.2. The van der Waals surface area contributed by atoms with Crippen molar-refractivity contribution in [2.24, 2.45) is 0 Å². The van der Waals surface area contributed by atoms with Crippen LogP contribution in [0.2, 0.25) is 0 Å². The summed E-state index contributed by atoms with van der Waals surface area (Å²) in [6.45, 7) is 2.50. The van der Waals surface area contributed by atoms with E-state index in [4.69, 9.17) is 0 Å². The van der Waals surface area contributed by atoms with E-state index in [0.717, 1.165) is 6.20 Å². The topological polar surface area (TPSA) is 49.8 Å². The molecule has 4 nitrogen and oxygen atoms in total. The van der Waals surface area contributed by atoms with Crippen LogP contribution in [0.25, 0.3) is 0 Å². The molecular formula is C9H13F3N4. The second-order valence-electron chi connectivity index (χ2n) is 3.36. The molecule has 0 saturated heterocycles. The molecule has 0 aliphatic rings. The van der Waals surface area contributed by atoms with E-state index in [1.165, 1.54) is 0 Å². The average Bonchev–Trinajstić information content (AvgIpc) is 2.25. The third-order valence-electron chi connectivity index (χ3n) is 2.02. The number of nitrogens with one attached hydrogen (secondary N) is 2. The zero-order valence-electron chi connectivity index (χ0n) is 8.97. The minimum atomic E-state index is -4.44. The van der Waals surface area contributed by atoms with Crippen molar-refractivity contribution in [3.63, 3.8) is 0 Å². The summed E-state index contributed by atoms with van der Waals surface area (Å²) in [5.41, 5.74) is -0.986. The van der Waals surface area contributed by atoms with Crippen molar-refractivity contribution >= 4 is 5.82 Å². The summed E-state index contributed by atoms with van der Waals surface area (Å²) in [5, 5.41) is 5.85. The van der Waals surface area contributed by atoms with Gasteiger partial charge in [-0.2, -0.15) is 13.2 Å². The number of likely N-dealkylation sites (N-methyl/N-ethyl adjacent to an activating group) is 1. The van der Waals surface area contributed by atoms with Crippen molar-refractivity contribution in [3.8, 4) is 0 Å². The summed E-state index contributed by atoms with van der Waals surface area (Å²) in [4.78, 5) is 6.91. The number of rotatable bonds is 4. The highest BCUT2D eigenvalue weighted by atomic mass is 19.4. The summed E-state index contributed by atoms with van der Waals surface area (Å²) in [6, 6.07) is 0.198. The fourth-order valence-electron chi connectivity index (χ4n) is 0.925. The van der Waals surface area contributed by atoms with Gasteiger partial charge in [-0.1, -0.05) is 0 Å². The maximum absolute atomic E-state index is 12.2. The van der Waals surface area contributed by atoms with Crippen LogP contribution in [0.5, 0.6) is 0 Å². The lowest BCUT2D eigenvalue weighted by molar-refractivity contribution is -0.141. The van der Waals surface area contributed by atoms with Gasteiger partial charge in [0, 0.05) is 12.6 Å². The Bertz CT molecular complexity index is 323. The van der Waals surface area contributed by atoms with Crippen LogP contribution < -0.4 is 10.6 Å². The van der Waals surface area contributed by atoms with Crippen LogP contribution in [-0.4, -0.2) is 29.6 Å². The molecule has 2 N–H and O–H groups in total. The first-order valence-electron chi connectivity index (χ1n) is 4.74. The van der Waals surface area contributed by atoms with Crippen LogP contribution in [0.4, 0.5) is 19.0 Å². The SMILES string of the molecule is CNC(C)CNc1cnc(C(F)(F)F)cn1. The summed E-state index contributed by atoms with van der Waals surface area (Å²) in [7, 11) is 1.80. The molecule has 0 spiro atoms. The molecule has 1 heterocycles. The molecule has 0 aliphatic carbocycles. The minimum Gasteiger partial charge on any atom is -0.367 e. The van der Waals surface area contributed by atoms with Crippen LogP contribution in [0, 0.1) is 0 Å². The molecule has 1 unspecified atom stereocenters. The van der Waals surface area contributed by atoms with Crippen LogP contribution in [-0.2, 0) is 6.18 Å². The molecule has 1 aromatic rings. The van der Waals surface area contributed by atoms with Crippen LogP contribution in [0.1, 0.15) is 12.6 Å². The molecule has 0 radical (unpaired) electrons. The van der Waals surface area contributed by atoms with Crippen molar-refractivity contribution in [2.75, 3.05) is 18.9 Å². The lowest BCUT2D eigenvalue weighted by atomic mass is 10.3. The fraction of sp³-hybridized carbons (Fsp3) is 0.556. The lowest BCUT2D eigenvalue weighted by Crippen LogP contribution is -2.29. The number of hydrogen-bond acceptors (Lipinski definition) is 4. The van der Waals surface area contributed by atoms with Gasteiger partial charge in [0.2, 0.25) is 0 Å². The van der Waals surface area contributed by atoms with Crippen molar-refractivity contribution in [2.45, 2.75) is 19.1 Å². The Hall–Kier alpha value is -1.37. The fourth-order valence-corrected chi connectivity index (χ4v) is 0.925. The van der Waals surface area contributed by atoms with Gasteiger partial charge < -0.3 is 10.6 Å². The third-order valence-corrected chi connectivity index (χ3v) is 2.02. The molecule has 7 heteroatoms. The Balaban J connectivity index is 2.58. The molecular weight excluding hydrogens is 221 g/mol. The molecule has 1 rings (SSSR count). The smallest absolute Gasteiger partial charge is 0.367 e. The van der Waals surface area contributed by atoms with E-state index >= 15 is 0 Å². The van der Waals surface area contributed by atoms with Crippen LogP contribution in [0.3, 0.4) is 0 Å². The quantitative estimate of drug-likeness (QED) is 0.829. The Kier molecular flexibility index (Phi) is 4.05. The summed E-state index contributed by atoms with van der Waals surface area (Å²) < 4.78 is 36.5. The lowest BCUT2D eigenvalue weighted by Gasteiger charge is -2.12. The van der Waals surface area contributed by atoms with Crippen LogP contribution >= 0.6 is 0 Å². The second-order valence-corrected chi connectivity index (χ2v) is 3.36. The van der Waals surface area contributed by atoms with Crippen molar-refractivity contribution in [1.82, 2.24) is 15.3 Å². The van der Waals surface area contributed by atoms with Gasteiger partial charge in [0.1, 0.15) is 5.82 Å². The number of aromatic nitrogens is 2. The Morgan fingerprint density at radius 3 is 2.44 bits per heavy atom. The first-order valence-corrected chi connectivity index (χ1v) is 4.74.